The Bertz CT molecular complexity index is 394. The van der Waals surface area contributed by atoms with E-state index in [0.29, 0.717) is 19.5 Å². The molecule has 2 aliphatic rings. The molecule has 1 N–H and O–H groups in total. The fourth-order valence-electron chi connectivity index (χ4n) is 2.98. The number of hydrogen-bond donors (Lipinski definition) is 1. The van der Waals surface area contributed by atoms with Crippen LogP contribution in [0.25, 0.3) is 0 Å². The molecule has 17 heavy (non-hydrogen) atoms. The summed E-state index contributed by atoms with van der Waals surface area (Å²) >= 11 is 0. The van der Waals surface area contributed by atoms with Crippen LogP contribution in [0.15, 0.2) is 0 Å². The molecule has 0 radical (unpaired) electrons. The predicted octanol–water partition coefficient (Wildman–Crippen LogP) is 0.674. The molecule has 1 heterocycles. The van der Waals surface area contributed by atoms with Crippen LogP contribution in [0.5, 0.6) is 0 Å². The van der Waals surface area contributed by atoms with Crippen molar-refractivity contribution in [2.24, 2.45) is 5.92 Å². The summed E-state index contributed by atoms with van der Waals surface area (Å²) in [4.78, 5) is 11.7. The molecule has 1 aliphatic heterocycles. The molecule has 2 fully saturated rings. The monoisotopic (exact) mass is 260 g/mol. The molecule has 1 saturated heterocycles. The number of ketones is 1. The van der Waals surface area contributed by atoms with Gasteiger partial charge in [-0.2, -0.15) is 12.7 Å². The number of hydrogen-bond acceptors (Lipinski definition) is 3. The third-order valence-corrected chi connectivity index (χ3v) is 5.42. The molecule has 2 atom stereocenters. The maximum absolute atomic E-state index is 12.0. The van der Waals surface area contributed by atoms with Crippen molar-refractivity contribution in [3.63, 3.8) is 0 Å². The molecule has 0 aromatic heterocycles. The first-order chi connectivity index (χ1) is 8.06. The van der Waals surface area contributed by atoms with Crippen LogP contribution >= 0.6 is 0 Å². The zero-order chi connectivity index (χ0) is 12.5. The highest BCUT2D eigenvalue weighted by atomic mass is 32.2. The number of nitrogens with one attached hydrogen (secondary N) is 1. The van der Waals surface area contributed by atoms with Crippen molar-refractivity contribution in [2.75, 3.05) is 13.1 Å². The highest BCUT2D eigenvalue weighted by molar-refractivity contribution is 7.87. The van der Waals surface area contributed by atoms with Gasteiger partial charge >= 0.3 is 0 Å². The zero-order valence-electron chi connectivity index (χ0n) is 10.2. The highest BCUT2D eigenvalue weighted by Gasteiger charge is 2.42. The van der Waals surface area contributed by atoms with Gasteiger partial charge in [0.25, 0.3) is 10.2 Å². The maximum atomic E-state index is 12.0. The quantitative estimate of drug-likeness (QED) is 0.808. The minimum atomic E-state index is -3.39. The van der Waals surface area contributed by atoms with Crippen LogP contribution < -0.4 is 4.72 Å². The third-order valence-electron chi connectivity index (χ3n) is 3.70. The summed E-state index contributed by atoms with van der Waals surface area (Å²) in [5.74, 6) is 0.180. The molecular weight excluding hydrogens is 240 g/mol. The minimum absolute atomic E-state index is 0.0640. The molecule has 98 valence electrons. The fraction of sp³-hybridized carbons (Fsp3) is 0.909. The lowest BCUT2D eigenvalue weighted by Crippen LogP contribution is -2.46. The van der Waals surface area contributed by atoms with Gasteiger partial charge in [0.15, 0.2) is 0 Å². The van der Waals surface area contributed by atoms with Gasteiger partial charge in [-0.25, -0.2) is 4.72 Å². The summed E-state index contributed by atoms with van der Waals surface area (Å²) in [6.45, 7) is 2.71. The lowest BCUT2D eigenvalue weighted by atomic mass is 9.96. The zero-order valence-corrected chi connectivity index (χ0v) is 11.0. The van der Waals surface area contributed by atoms with Gasteiger partial charge < -0.3 is 0 Å². The molecule has 0 aromatic carbocycles. The Morgan fingerprint density at radius 2 is 2.12 bits per heavy atom. The predicted molar refractivity (Wildman–Crippen MR) is 64.7 cm³/mol. The number of nitrogens with zero attached hydrogens (tertiary/aromatic N) is 1. The Labute approximate surface area is 103 Å². The van der Waals surface area contributed by atoms with E-state index in [1.807, 2.05) is 0 Å². The molecule has 2 rings (SSSR count). The van der Waals surface area contributed by atoms with Crippen molar-refractivity contribution in [2.45, 2.75) is 45.1 Å². The number of carbonyl (C=O) groups is 1. The standard InChI is InChI=1S/C11H20N2O3S/c1-2-12-17(15,16)13-8-4-6-10(13)9-5-3-7-11(9)14/h9-10,12H,2-8H2,1H3. The molecule has 5 nitrogen and oxygen atoms in total. The second kappa shape index (κ2) is 5.04. The van der Waals surface area contributed by atoms with Crippen LogP contribution in [0.1, 0.15) is 39.0 Å². The first-order valence-electron chi connectivity index (χ1n) is 6.35. The van der Waals surface area contributed by atoms with E-state index in [1.165, 1.54) is 4.31 Å². The molecule has 1 aliphatic carbocycles. The van der Waals surface area contributed by atoms with Crippen molar-refractivity contribution >= 4 is 16.0 Å². The van der Waals surface area contributed by atoms with E-state index in [2.05, 4.69) is 4.72 Å². The first kappa shape index (κ1) is 13.0. The van der Waals surface area contributed by atoms with Gasteiger partial charge in [-0.15, -0.1) is 0 Å². The largest absolute Gasteiger partial charge is 0.299 e. The Balaban J connectivity index is 2.15. The van der Waals surface area contributed by atoms with Crippen molar-refractivity contribution in [3.8, 4) is 0 Å². The average molecular weight is 260 g/mol. The van der Waals surface area contributed by atoms with Gasteiger partial charge in [-0.1, -0.05) is 6.92 Å². The van der Waals surface area contributed by atoms with Crippen LogP contribution in [-0.2, 0) is 15.0 Å². The molecule has 6 heteroatoms. The van der Waals surface area contributed by atoms with Crippen LogP contribution in [0.4, 0.5) is 0 Å². The molecule has 0 spiro atoms. The summed E-state index contributed by atoms with van der Waals surface area (Å²) in [5, 5.41) is 0. The van der Waals surface area contributed by atoms with E-state index >= 15 is 0 Å². The minimum Gasteiger partial charge on any atom is -0.299 e. The summed E-state index contributed by atoms with van der Waals surface area (Å²) in [5.41, 5.74) is 0. The Kier molecular flexibility index (Phi) is 3.85. The van der Waals surface area contributed by atoms with E-state index in [4.69, 9.17) is 0 Å². The first-order valence-corrected chi connectivity index (χ1v) is 7.79. The molecule has 0 amide bonds. The Morgan fingerprint density at radius 3 is 2.71 bits per heavy atom. The summed E-state index contributed by atoms with van der Waals surface area (Å²) in [6.07, 6.45) is 4.06. The summed E-state index contributed by atoms with van der Waals surface area (Å²) in [7, 11) is -3.39. The summed E-state index contributed by atoms with van der Waals surface area (Å²) in [6, 6.07) is -0.103. The van der Waals surface area contributed by atoms with Gasteiger partial charge in [0, 0.05) is 31.5 Å². The van der Waals surface area contributed by atoms with E-state index in [1.54, 1.807) is 6.92 Å². The number of rotatable bonds is 4. The molecular formula is C11H20N2O3S. The highest BCUT2D eigenvalue weighted by Crippen LogP contribution is 2.34. The summed E-state index contributed by atoms with van der Waals surface area (Å²) < 4.78 is 28.0. The fourth-order valence-corrected chi connectivity index (χ4v) is 4.49. The topological polar surface area (TPSA) is 66.5 Å². The van der Waals surface area contributed by atoms with Crippen molar-refractivity contribution in [3.05, 3.63) is 0 Å². The van der Waals surface area contributed by atoms with Gasteiger partial charge in [-0.05, 0) is 25.7 Å². The van der Waals surface area contributed by atoms with Crippen molar-refractivity contribution in [1.29, 1.82) is 0 Å². The molecule has 0 bridgehead atoms. The van der Waals surface area contributed by atoms with Gasteiger partial charge in [0.05, 0.1) is 0 Å². The maximum Gasteiger partial charge on any atom is 0.279 e. The van der Waals surface area contributed by atoms with Crippen LogP contribution in [0.3, 0.4) is 0 Å². The third kappa shape index (κ3) is 2.53. The van der Waals surface area contributed by atoms with E-state index in [0.717, 1.165) is 25.7 Å². The van der Waals surface area contributed by atoms with E-state index in [9.17, 15) is 13.2 Å². The second-order valence-electron chi connectivity index (χ2n) is 4.79. The number of carbonyl (C=O) groups excluding carboxylic acids is 1. The van der Waals surface area contributed by atoms with Crippen LogP contribution in [-0.4, -0.2) is 37.6 Å². The second-order valence-corrected chi connectivity index (χ2v) is 6.50. The van der Waals surface area contributed by atoms with Gasteiger partial charge in [-0.3, -0.25) is 4.79 Å². The average Bonchev–Trinajstić information content (AvgIpc) is 2.85. The van der Waals surface area contributed by atoms with E-state index < -0.39 is 10.2 Å². The van der Waals surface area contributed by atoms with Crippen LogP contribution in [0, 0.1) is 5.92 Å². The molecule has 1 saturated carbocycles. The van der Waals surface area contributed by atoms with Gasteiger partial charge in [0.1, 0.15) is 5.78 Å². The van der Waals surface area contributed by atoms with E-state index in [-0.39, 0.29) is 17.7 Å². The Hall–Kier alpha value is -0.460. The molecule has 2 unspecified atom stereocenters. The van der Waals surface area contributed by atoms with Crippen LogP contribution in [0.2, 0.25) is 0 Å². The molecule has 0 aromatic rings. The lowest BCUT2D eigenvalue weighted by Gasteiger charge is -2.27. The Morgan fingerprint density at radius 1 is 1.35 bits per heavy atom. The van der Waals surface area contributed by atoms with Crippen molar-refractivity contribution < 1.29 is 13.2 Å². The number of Topliss-reactive ketones (excluding diaryl/α,β-unsaturated/α-hetero) is 1. The normalized spacial score (nSPS) is 31.2. The van der Waals surface area contributed by atoms with Gasteiger partial charge in [0.2, 0.25) is 0 Å². The lowest BCUT2D eigenvalue weighted by molar-refractivity contribution is -0.121. The van der Waals surface area contributed by atoms with Crippen molar-refractivity contribution in [1.82, 2.24) is 9.03 Å². The smallest absolute Gasteiger partial charge is 0.279 e. The SMILES string of the molecule is CCNS(=O)(=O)N1CCCC1C1CCCC1=O.